The minimum atomic E-state index is -0.357. The van der Waals surface area contributed by atoms with Crippen LogP contribution >= 0.6 is 34.7 Å². The highest BCUT2D eigenvalue weighted by atomic mass is 35.5. The summed E-state index contributed by atoms with van der Waals surface area (Å²) < 4.78 is 15.5. The molecule has 0 aliphatic heterocycles. The van der Waals surface area contributed by atoms with Crippen molar-refractivity contribution in [3.05, 3.63) is 50.7 Å². The quantitative estimate of drug-likeness (QED) is 0.685. The number of nitrogens with zero attached hydrogens (tertiary/aromatic N) is 4. The van der Waals surface area contributed by atoms with Gasteiger partial charge in [0.15, 0.2) is 4.34 Å². The molecule has 0 aliphatic rings. The third kappa shape index (κ3) is 2.78. The second-order valence-electron chi connectivity index (χ2n) is 4.14. The largest absolute Gasteiger partial charge is 0.296 e. The molecule has 5 nitrogen and oxygen atoms in total. The van der Waals surface area contributed by atoms with Crippen molar-refractivity contribution in [1.29, 1.82) is 0 Å². The van der Waals surface area contributed by atoms with Gasteiger partial charge in [-0.15, -0.1) is 15.3 Å². The van der Waals surface area contributed by atoms with E-state index in [1.54, 1.807) is 19.1 Å². The minimum absolute atomic E-state index is 0.284. The first-order valence-electron chi connectivity index (χ1n) is 5.85. The summed E-state index contributed by atoms with van der Waals surface area (Å²) in [6, 6.07) is 4.55. The van der Waals surface area contributed by atoms with Gasteiger partial charge < -0.3 is 0 Å². The Bertz CT molecular complexity index is 859. The van der Waals surface area contributed by atoms with E-state index in [2.05, 4.69) is 15.3 Å². The fraction of sp³-hybridized carbons (Fsp3) is 0.167. The van der Waals surface area contributed by atoms with Gasteiger partial charge in [-0.2, -0.15) is 4.52 Å². The van der Waals surface area contributed by atoms with Crippen molar-refractivity contribution in [2.45, 2.75) is 17.0 Å². The van der Waals surface area contributed by atoms with Gasteiger partial charge in [0.05, 0.1) is 0 Å². The molecular formula is C12H8ClFN4OS2. The maximum atomic E-state index is 13.7. The summed E-state index contributed by atoms with van der Waals surface area (Å²) in [5.74, 6) is -0.0316. The number of fused-ring (bicyclic) bond motifs is 1. The number of hydrogen-bond donors (Lipinski definition) is 0. The first kappa shape index (κ1) is 14.4. The molecule has 21 heavy (non-hydrogen) atoms. The second kappa shape index (κ2) is 5.70. The first-order chi connectivity index (χ1) is 10.1. The number of benzene rings is 1. The van der Waals surface area contributed by atoms with Crippen LogP contribution in [0.3, 0.4) is 0 Å². The molecule has 0 unspecified atom stereocenters. The standard InChI is InChI=1S/C12H8ClFN4OS2/c1-6-10(19)18-11(16-15-6)21-12(17-18)20-5-7-8(13)3-2-4-9(7)14/h2-4H,5H2,1H3. The average molecular weight is 343 g/mol. The van der Waals surface area contributed by atoms with Crippen LogP contribution in [-0.4, -0.2) is 19.8 Å². The van der Waals surface area contributed by atoms with Crippen LogP contribution in [0.1, 0.15) is 11.3 Å². The molecule has 0 bridgehead atoms. The van der Waals surface area contributed by atoms with Crippen LogP contribution in [0.15, 0.2) is 27.3 Å². The Morgan fingerprint density at radius 1 is 1.43 bits per heavy atom. The molecule has 108 valence electrons. The third-order valence-electron chi connectivity index (χ3n) is 2.73. The van der Waals surface area contributed by atoms with Crippen LogP contribution in [0, 0.1) is 12.7 Å². The van der Waals surface area contributed by atoms with Crippen molar-refractivity contribution in [3.8, 4) is 0 Å². The lowest BCUT2D eigenvalue weighted by atomic mass is 10.2. The first-order valence-corrected chi connectivity index (χ1v) is 8.03. The molecule has 1 aromatic carbocycles. The average Bonchev–Trinajstić information content (AvgIpc) is 2.86. The zero-order valence-corrected chi connectivity index (χ0v) is 13.1. The number of aryl methyl sites for hydroxylation is 1. The molecule has 0 saturated carbocycles. The molecule has 0 atom stereocenters. The zero-order chi connectivity index (χ0) is 15.0. The predicted octanol–water partition coefficient (Wildman–Crippen LogP) is 2.94. The zero-order valence-electron chi connectivity index (χ0n) is 10.7. The van der Waals surface area contributed by atoms with Gasteiger partial charge in [0.2, 0.25) is 4.96 Å². The Hall–Kier alpha value is -1.51. The molecule has 3 aromatic rings. The van der Waals surface area contributed by atoms with E-state index in [1.807, 2.05) is 0 Å². The molecule has 0 radical (unpaired) electrons. The van der Waals surface area contributed by atoms with Gasteiger partial charge in [-0.05, 0) is 19.1 Å². The Kier molecular flexibility index (Phi) is 3.92. The fourth-order valence-corrected chi connectivity index (χ4v) is 3.85. The van der Waals surface area contributed by atoms with Crippen LogP contribution in [0.5, 0.6) is 0 Å². The summed E-state index contributed by atoms with van der Waals surface area (Å²) in [7, 11) is 0. The Labute approximate surface area is 131 Å². The maximum absolute atomic E-state index is 13.7. The van der Waals surface area contributed by atoms with Crippen molar-refractivity contribution in [1.82, 2.24) is 19.8 Å². The Balaban J connectivity index is 1.89. The van der Waals surface area contributed by atoms with E-state index in [-0.39, 0.29) is 17.1 Å². The third-order valence-corrected chi connectivity index (χ3v) is 5.14. The minimum Gasteiger partial charge on any atom is -0.265 e. The topological polar surface area (TPSA) is 60.1 Å². The lowest BCUT2D eigenvalue weighted by molar-refractivity contribution is 0.617. The van der Waals surface area contributed by atoms with E-state index >= 15 is 0 Å². The molecule has 0 spiro atoms. The monoisotopic (exact) mass is 342 g/mol. The molecule has 9 heteroatoms. The maximum Gasteiger partial charge on any atom is 0.296 e. The van der Waals surface area contributed by atoms with E-state index in [0.717, 1.165) is 0 Å². The molecule has 0 aliphatic carbocycles. The van der Waals surface area contributed by atoms with Crippen LogP contribution in [0.25, 0.3) is 4.96 Å². The number of halogens is 2. The molecule has 3 rings (SSSR count). The van der Waals surface area contributed by atoms with Gasteiger partial charge in [0.1, 0.15) is 11.5 Å². The highest BCUT2D eigenvalue weighted by Crippen LogP contribution is 2.30. The predicted molar refractivity (Wildman–Crippen MR) is 80.6 cm³/mol. The summed E-state index contributed by atoms with van der Waals surface area (Å²) in [4.78, 5) is 12.2. The summed E-state index contributed by atoms with van der Waals surface area (Å²) >= 11 is 8.50. The summed E-state index contributed by atoms with van der Waals surface area (Å²) in [5.41, 5.74) is 0.400. The number of hydrogen-bond acceptors (Lipinski definition) is 6. The number of aromatic nitrogens is 4. The van der Waals surface area contributed by atoms with E-state index < -0.39 is 0 Å². The van der Waals surface area contributed by atoms with E-state index in [0.29, 0.717) is 25.6 Å². The van der Waals surface area contributed by atoms with Crippen LogP contribution in [0.4, 0.5) is 4.39 Å². The van der Waals surface area contributed by atoms with Gasteiger partial charge in [0.25, 0.3) is 5.56 Å². The van der Waals surface area contributed by atoms with E-state index in [9.17, 15) is 9.18 Å². The van der Waals surface area contributed by atoms with E-state index in [4.69, 9.17) is 11.6 Å². The smallest absolute Gasteiger partial charge is 0.265 e. The van der Waals surface area contributed by atoms with Crippen molar-refractivity contribution >= 4 is 39.7 Å². The normalized spacial score (nSPS) is 11.2. The van der Waals surface area contributed by atoms with Gasteiger partial charge in [-0.1, -0.05) is 40.8 Å². The lowest BCUT2D eigenvalue weighted by Gasteiger charge is -2.03. The van der Waals surface area contributed by atoms with Gasteiger partial charge in [-0.25, -0.2) is 4.39 Å². The fourth-order valence-electron chi connectivity index (χ4n) is 1.64. The highest BCUT2D eigenvalue weighted by Gasteiger charge is 2.12. The number of thioether (sulfide) groups is 1. The van der Waals surface area contributed by atoms with Gasteiger partial charge >= 0.3 is 0 Å². The summed E-state index contributed by atoms with van der Waals surface area (Å²) in [5, 5.41) is 12.2. The molecular weight excluding hydrogens is 335 g/mol. The second-order valence-corrected chi connectivity index (χ2v) is 6.73. The molecule has 2 aromatic heterocycles. The summed E-state index contributed by atoms with van der Waals surface area (Å²) in [6.07, 6.45) is 0. The van der Waals surface area contributed by atoms with Crippen molar-refractivity contribution < 1.29 is 4.39 Å². The molecule has 0 saturated heterocycles. The molecule has 0 amide bonds. The van der Waals surface area contributed by atoms with Crippen molar-refractivity contribution in [2.75, 3.05) is 0 Å². The van der Waals surface area contributed by atoms with Crippen LogP contribution in [-0.2, 0) is 5.75 Å². The SMILES string of the molecule is Cc1nnc2sc(SCc3c(F)cccc3Cl)nn2c1=O. The van der Waals surface area contributed by atoms with Gasteiger partial charge in [0, 0.05) is 16.3 Å². The summed E-state index contributed by atoms with van der Waals surface area (Å²) in [6.45, 7) is 1.58. The molecule has 0 N–H and O–H groups in total. The molecule has 0 fully saturated rings. The number of rotatable bonds is 3. The van der Waals surface area contributed by atoms with Crippen LogP contribution in [0.2, 0.25) is 5.02 Å². The van der Waals surface area contributed by atoms with Crippen molar-refractivity contribution in [2.24, 2.45) is 0 Å². The highest BCUT2D eigenvalue weighted by molar-refractivity contribution is 8.00. The van der Waals surface area contributed by atoms with Gasteiger partial charge in [-0.3, -0.25) is 4.79 Å². The Morgan fingerprint density at radius 3 is 3.00 bits per heavy atom. The molecule has 2 heterocycles. The van der Waals surface area contributed by atoms with Crippen molar-refractivity contribution in [3.63, 3.8) is 0 Å². The van der Waals surface area contributed by atoms with Crippen LogP contribution < -0.4 is 5.56 Å². The Morgan fingerprint density at radius 2 is 2.24 bits per heavy atom. The van der Waals surface area contributed by atoms with E-state index in [1.165, 1.54) is 33.7 Å². The lowest BCUT2D eigenvalue weighted by Crippen LogP contribution is -2.19.